The first-order chi connectivity index (χ1) is 10.0. The second kappa shape index (κ2) is 6.42. The van der Waals surface area contributed by atoms with E-state index in [2.05, 4.69) is 93.0 Å². The van der Waals surface area contributed by atoms with E-state index in [0.29, 0.717) is 0 Å². The Bertz CT molecular complexity index is 530. The van der Waals surface area contributed by atoms with Gasteiger partial charge in [-0.05, 0) is 15.4 Å². The molecule has 0 amide bonds. The minimum atomic E-state index is -2.09. The molecule has 0 spiro atoms. The highest BCUT2D eigenvalue weighted by atomic mass is 28.3. The lowest BCUT2D eigenvalue weighted by Gasteiger charge is -2.44. The van der Waals surface area contributed by atoms with E-state index in [9.17, 15) is 0 Å². The zero-order valence-electron chi connectivity index (χ0n) is 13.3. The van der Waals surface area contributed by atoms with E-state index in [4.69, 9.17) is 0 Å². The first-order valence-corrected chi connectivity index (χ1v) is 9.49. The number of nitrogens with one attached hydrogen (secondary N) is 1. The quantitative estimate of drug-likeness (QED) is 0.659. The van der Waals surface area contributed by atoms with Crippen molar-refractivity contribution in [1.82, 2.24) is 4.98 Å². The van der Waals surface area contributed by atoms with Gasteiger partial charge in [-0.25, -0.2) is 0 Å². The van der Waals surface area contributed by atoms with E-state index in [-0.39, 0.29) is 5.04 Å². The van der Waals surface area contributed by atoms with Gasteiger partial charge in [0, 0.05) is 6.54 Å². The molecule has 0 heterocycles. The second-order valence-electron chi connectivity index (χ2n) is 6.40. The van der Waals surface area contributed by atoms with Crippen LogP contribution in [-0.2, 0) is 0 Å². The van der Waals surface area contributed by atoms with Gasteiger partial charge in [0.15, 0.2) is 8.24 Å². The third-order valence-corrected chi connectivity index (χ3v) is 9.43. The molecule has 110 valence electrons. The molecule has 2 heteroatoms. The highest BCUT2D eigenvalue weighted by molar-refractivity contribution is 7.02. The molecule has 2 rings (SSSR count). The number of hydrogen-bond donors (Lipinski definition) is 1. The molecular weight excluding hydrogens is 270 g/mol. The molecule has 0 atom stereocenters. The maximum absolute atomic E-state index is 3.89. The van der Waals surface area contributed by atoms with Gasteiger partial charge in [-0.2, -0.15) is 0 Å². The molecule has 2 aromatic carbocycles. The largest absolute Gasteiger partial charge is 0.326 e. The molecule has 0 aromatic heterocycles. The molecule has 21 heavy (non-hydrogen) atoms. The number of rotatable bonds is 5. The minimum absolute atomic E-state index is 0.152. The Morgan fingerprint density at radius 1 is 0.905 bits per heavy atom. The smallest absolute Gasteiger partial charge is 0.195 e. The van der Waals surface area contributed by atoms with E-state index in [1.54, 1.807) is 0 Å². The lowest BCUT2D eigenvalue weighted by atomic mass is 10.2. The lowest BCUT2D eigenvalue weighted by molar-refractivity contribution is 0.708. The molecule has 0 unspecified atom stereocenters. The molecule has 0 bridgehead atoms. The average molecular weight is 296 g/mol. The van der Waals surface area contributed by atoms with Gasteiger partial charge in [-0.15, -0.1) is 6.58 Å². The van der Waals surface area contributed by atoms with E-state index >= 15 is 0 Å². The predicted octanol–water partition coefficient (Wildman–Crippen LogP) is 3.32. The van der Waals surface area contributed by atoms with E-state index in [1.165, 1.54) is 10.4 Å². The molecule has 0 fully saturated rings. The normalized spacial score (nSPS) is 12.1. The molecule has 0 saturated heterocycles. The first-order valence-electron chi connectivity index (χ1n) is 7.49. The SMILES string of the molecule is C=CCN[Si](c1ccccc1)(c1ccccc1)C(C)(C)C. The van der Waals surface area contributed by atoms with Crippen LogP contribution in [0.4, 0.5) is 0 Å². The van der Waals surface area contributed by atoms with Gasteiger partial charge < -0.3 is 4.98 Å². The summed E-state index contributed by atoms with van der Waals surface area (Å²) in [5, 5.41) is 3.00. The molecule has 0 radical (unpaired) electrons. The van der Waals surface area contributed by atoms with Crippen molar-refractivity contribution in [1.29, 1.82) is 0 Å². The van der Waals surface area contributed by atoms with Crippen LogP contribution in [0.15, 0.2) is 73.3 Å². The van der Waals surface area contributed by atoms with Gasteiger partial charge in [0.1, 0.15) is 0 Å². The Morgan fingerprint density at radius 2 is 1.33 bits per heavy atom. The van der Waals surface area contributed by atoms with Crippen molar-refractivity contribution >= 4 is 18.6 Å². The molecule has 1 N–H and O–H groups in total. The van der Waals surface area contributed by atoms with Crippen LogP contribution in [0.2, 0.25) is 5.04 Å². The van der Waals surface area contributed by atoms with Crippen molar-refractivity contribution in [3.05, 3.63) is 73.3 Å². The minimum Gasteiger partial charge on any atom is -0.326 e. The average Bonchev–Trinajstić information content (AvgIpc) is 2.49. The fourth-order valence-corrected chi connectivity index (χ4v) is 7.94. The van der Waals surface area contributed by atoms with Crippen LogP contribution in [0, 0.1) is 0 Å². The van der Waals surface area contributed by atoms with Crippen LogP contribution in [0.3, 0.4) is 0 Å². The summed E-state index contributed by atoms with van der Waals surface area (Å²) in [6.07, 6.45) is 1.96. The lowest BCUT2D eigenvalue weighted by Crippen LogP contribution is -2.73. The van der Waals surface area contributed by atoms with Gasteiger partial charge in [0.2, 0.25) is 0 Å². The Balaban J connectivity index is 2.69. The van der Waals surface area contributed by atoms with Gasteiger partial charge >= 0.3 is 0 Å². The van der Waals surface area contributed by atoms with Crippen LogP contribution >= 0.6 is 0 Å². The van der Waals surface area contributed by atoms with Crippen molar-refractivity contribution < 1.29 is 0 Å². The number of benzene rings is 2. The van der Waals surface area contributed by atoms with Gasteiger partial charge in [-0.1, -0.05) is 87.5 Å². The third kappa shape index (κ3) is 3.02. The Morgan fingerprint density at radius 3 is 1.67 bits per heavy atom. The van der Waals surface area contributed by atoms with Crippen LogP contribution in [-0.4, -0.2) is 14.8 Å². The maximum Gasteiger partial charge on any atom is 0.195 e. The fraction of sp³-hybridized carbons (Fsp3) is 0.263. The van der Waals surface area contributed by atoms with Crippen molar-refractivity contribution in [2.24, 2.45) is 0 Å². The Kier molecular flexibility index (Phi) is 4.81. The van der Waals surface area contributed by atoms with E-state index in [0.717, 1.165) is 6.54 Å². The van der Waals surface area contributed by atoms with Crippen molar-refractivity contribution in [3.63, 3.8) is 0 Å². The third-order valence-electron chi connectivity index (χ3n) is 4.05. The van der Waals surface area contributed by atoms with Crippen LogP contribution in [0.1, 0.15) is 20.8 Å². The van der Waals surface area contributed by atoms with Crippen molar-refractivity contribution in [2.45, 2.75) is 25.8 Å². The van der Waals surface area contributed by atoms with Crippen molar-refractivity contribution in [2.75, 3.05) is 6.54 Å². The maximum atomic E-state index is 3.89. The van der Waals surface area contributed by atoms with Gasteiger partial charge in [0.25, 0.3) is 0 Å². The summed E-state index contributed by atoms with van der Waals surface area (Å²) in [5.74, 6) is 0. The highest BCUT2D eigenvalue weighted by Crippen LogP contribution is 2.33. The number of hydrogen-bond acceptors (Lipinski definition) is 1. The summed E-state index contributed by atoms with van der Waals surface area (Å²) < 4.78 is 0. The van der Waals surface area contributed by atoms with E-state index in [1.807, 2.05) is 6.08 Å². The van der Waals surface area contributed by atoms with Crippen LogP contribution in [0.5, 0.6) is 0 Å². The zero-order chi connectivity index (χ0) is 15.3. The monoisotopic (exact) mass is 295 g/mol. The zero-order valence-corrected chi connectivity index (χ0v) is 14.3. The summed E-state index contributed by atoms with van der Waals surface area (Å²) in [5.41, 5.74) is 0. The first kappa shape index (κ1) is 15.7. The molecule has 0 saturated carbocycles. The molecule has 1 nitrogen and oxygen atoms in total. The summed E-state index contributed by atoms with van der Waals surface area (Å²) in [6.45, 7) is 11.7. The molecule has 0 aliphatic carbocycles. The van der Waals surface area contributed by atoms with Gasteiger partial charge in [-0.3, -0.25) is 0 Å². The van der Waals surface area contributed by atoms with Gasteiger partial charge in [0.05, 0.1) is 0 Å². The predicted molar refractivity (Wildman–Crippen MR) is 95.8 cm³/mol. The van der Waals surface area contributed by atoms with Crippen LogP contribution in [0.25, 0.3) is 0 Å². The summed E-state index contributed by atoms with van der Waals surface area (Å²) >= 11 is 0. The molecule has 2 aromatic rings. The standard InChI is InChI=1S/C19H25NSi/c1-5-16-20-21(19(2,3)4,17-12-8-6-9-13-17)18-14-10-7-11-15-18/h5-15,20H,1,16H2,2-4H3. The Labute approximate surface area is 129 Å². The summed E-state index contributed by atoms with van der Waals surface area (Å²) in [6, 6.07) is 21.8. The summed E-state index contributed by atoms with van der Waals surface area (Å²) in [7, 11) is -2.09. The van der Waals surface area contributed by atoms with Crippen LogP contribution < -0.4 is 15.4 Å². The fourth-order valence-electron chi connectivity index (χ4n) is 3.10. The molecular formula is C19H25NSi. The highest BCUT2D eigenvalue weighted by Gasteiger charge is 2.47. The van der Waals surface area contributed by atoms with Crippen molar-refractivity contribution in [3.8, 4) is 0 Å². The molecule has 0 aliphatic heterocycles. The topological polar surface area (TPSA) is 12.0 Å². The summed E-state index contributed by atoms with van der Waals surface area (Å²) in [4.78, 5) is 3.88. The Hall–Kier alpha value is -1.64. The second-order valence-corrected chi connectivity index (χ2v) is 10.9. The molecule has 0 aliphatic rings. The van der Waals surface area contributed by atoms with E-state index < -0.39 is 8.24 Å².